The lowest BCUT2D eigenvalue weighted by atomic mass is 9.89. The van der Waals surface area contributed by atoms with E-state index < -0.39 is 0 Å². The number of hydrogen-bond acceptors (Lipinski definition) is 1. The van der Waals surface area contributed by atoms with Gasteiger partial charge in [0, 0.05) is 12.0 Å². The Bertz CT molecular complexity index is 402. The Labute approximate surface area is 112 Å². The summed E-state index contributed by atoms with van der Waals surface area (Å²) >= 11 is 0. The molecule has 1 rings (SSSR count). The van der Waals surface area contributed by atoms with E-state index in [0.717, 1.165) is 18.4 Å². The van der Waals surface area contributed by atoms with Crippen LogP contribution in [0.4, 0.5) is 0 Å². The maximum absolute atomic E-state index is 12.2. The van der Waals surface area contributed by atoms with Gasteiger partial charge in [0.15, 0.2) is 5.78 Å². The first-order valence-electron chi connectivity index (χ1n) is 7.14. The Morgan fingerprint density at radius 2 is 1.78 bits per heavy atom. The normalized spacial score (nSPS) is 11.3. The third-order valence-electron chi connectivity index (χ3n) is 3.42. The van der Waals surface area contributed by atoms with Crippen LogP contribution in [0.1, 0.15) is 87.2 Å². The maximum Gasteiger partial charge on any atom is 0.163 e. The monoisotopic (exact) mass is 246 g/mol. The van der Waals surface area contributed by atoms with Gasteiger partial charge in [-0.2, -0.15) is 0 Å². The molecule has 1 aromatic carbocycles. The Balaban J connectivity index is 3.07. The SMILES string of the molecule is CCCCC(=O)c1ccc(C(C)C)cc1C(C)C. The molecule has 1 heteroatoms. The van der Waals surface area contributed by atoms with E-state index in [0.29, 0.717) is 24.0 Å². The molecule has 1 nitrogen and oxygen atoms in total. The summed E-state index contributed by atoms with van der Waals surface area (Å²) in [6, 6.07) is 6.35. The van der Waals surface area contributed by atoms with Crippen LogP contribution in [0, 0.1) is 0 Å². The fourth-order valence-electron chi connectivity index (χ4n) is 2.14. The molecule has 0 saturated heterocycles. The molecule has 0 fully saturated rings. The molecule has 0 radical (unpaired) electrons. The number of unbranched alkanes of at least 4 members (excludes halogenated alkanes) is 1. The van der Waals surface area contributed by atoms with Gasteiger partial charge in [0.25, 0.3) is 0 Å². The lowest BCUT2D eigenvalue weighted by molar-refractivity contribution is 0.0978. The number of ketones is 1. The number of hydrogen-bond donors (Lipinski definition) is 0. The van der Waals surface area contributed by atoms with Crippen LogP contribution in [0.3, 0.4) is 0 Å². The van der Waals surface area contributed by atoms with Gasteiger partial charge in [0.2, 0.25) is 0 Å². The van der Waals surface area contributed by atoms with Crippen molar-refractivity contribution in [2.24, 2.45) is 0 Å². The second-order valence-corrected chi connectivity index (χ2v) is 5.68. The molecule has 18 heavy (non-hydrogen) atoms. The summed E-state index contributed by atoms with van der Waals surface area (Å²) in [6.07, 6.45) is 2.74. The number of carbonyl (C=O) groups excluding carboxylic acids is 1. The molecule has 100 valence electrons. The van der Waals surface area contributed by atoms with Crippen LogP contribution in [-0.4, -0.2) is 5.78 Å². The van der Waals surface area contributed by atoms with Crippen molar-refractivity contribution >= 4 is 5.78 Å². The molecule has 0 saturated carbocycles. The van der Waals surface area contributed by atoms with E-state index in [4.69, 9.17) is 0 Å². The Morgan fingerprint density at radius 1 is 1.11 bits per heavy atom. The highest BCUT2D eigenvalue weighted by molar-refractivity contribution is 5.97. The number of Topliss-reactive ketones (excluding diaryl/α,β-unsaturated/α-hetero) is 1. The third kappa shape index (κ3) is 3.69. The molecule has 0 aliphatic carbocycles. The van der Waals surface area contributed by atoms with Crippen LogP contribution >= 0.6 is 0 Å². The van der Waals surface area contributed by atoms with Crippen molar-refractivity contribution in [1.82, 2.24) is 0 Å². The molecule has 0 aliphatic heterocycles. The molecule has 0 bridgehead atoms. The Hall–Kier alpha value is -1.11. The highest BCUT2D eigenvalue weighted by atomic mass is 16.1. The molecule has 0 heterocycles. The first-order valence-corrected chi connectivity index (χ1v) is 7.14. The van der Waals surface area contributed by atoms with Crippen molar-refractivity contribution in [2.75, 3.05) is 0 Å². The molecule has 0 aliphatic rings. The van der Waals surface area contributed by atoms with Crippen molar-refractivity contribution in [3.8, 4) is 0 Å². The second-order valence-electron chi connectivity index (χ2n) is 5.68. The predicted octanol–water partition coefficient (Wildman–Crippen LogP) is 5.31. The van der Waals surface area contributed by atoms with Crippen molar-refractivity contribution in [3.63, 3.8) is 0 Å². The summed E-state index contributed by atoms with van der Waals surface area (Å²) in [5.74, 6) is 1.22. The van der Waals surface area contributed by atoms with Crippen LogP contribution in [0.5, 0.6) is 0 Å². The number of rotatable bonds is 6. The van der Waals surface area contributed by atoms with Crippen LogP contribution in [0.2, 0.25) is 0 Å². The quantitative estimate of drug-likeness (QED) is 0.622. The molecule has 0 aromatic heterocycles. The average Bonchev–Trinajstić information content (AvgIpc) is 2.34. The minimum Gasteiger partial charge on any atom is -0.294 e. The highest BCUT2D eigenvalue weighted by Gasteiger charge is 2.14. The van der Waals surface area contributed by atoms with E-state index in [2.05, 4.69) is 46.8 Å². The molecule has 0 N–H and O–H groups in total. The average molecular weight is 246 g/mol. The Kier molecular flexibility index (Phi) is 5.58. The van der Waals surface area contributed by atoms with Gasteiger partial charge in [-0.25, -0.2) is 0 Å². The summed E-state index contributed by atoms with van der Waals surface area (Å²) in [4.78, 5) is 12.2. The smallest absolute Gasteiger partial charge is 0.163 e. The van der Waals surface area contributed by atoms with Crippen LogP contribution < -0.4 is 0 Å². The number of benzene rings is 1. The molecule has 1 aromatic rings. The van der Waals surface area contributed by atoms with Crippen molar-refractivity contribution in [3.05, 3.63) is 34.9 Å². The summed E-state index contributed by atoms with van der Waals surface area (Å²) in [7, 11) is 0. The van der Waals surface area contributed by atoms with E-state index in [1.54, 1.807) is 0 Å². The van der Waals surface area contributed by atoms with Gasteiger partial charge >= 0.3 is 0 Å². The fraction of sp³-hybridized carbons (Fsp3) is 0.588. The predicted molar refractivity (Wildman–Crippen MR) is 78.5 cm³/mol. The highest BCUT2D eigenvalue weighted by Crippen LogP contribution is 2.26. The topological polar surface area (TPSA) is 17.1 Å². The second kappa shape index (κ2) is 6.72. The van der Waals surface area contributed by atoms with E-state index in [1.165, 1.54) is 11.1 Å². The van der Waals surface area contributed by atoms with Gasteiger partial charge < -0.3 is 0 Å². The summed E-state index contributed by atoms with van der Waals surface area (Å²) in [5, 5.41) is 0. The first kappa shape index (κ1) is 14.9. The first-order chi connectivity index (χ1) is 8.47. The van der Waals surface area contributed by atoms with Gasteiger partial charge in [-0.05, 0) is 29.4 Å². The van der Waals surface area contributed by atoms with Gasteiger partial charge in [0.1, 0.15) is 0 Å². The zero-order valence-corrected chi connectivity index (χ0v) is 12.4. The fourth-order valence-corrected chi connectivity index (χ4v) is 2.14. The van der Waals surface area contributed by atoms with Crippen molar-refractivity contribution in [2.45, 2.75) is 65.7 Å². The molecular weight excluding hydrogens is 220 g/mol. The Morgan fingerprint density at radius 3 is 2.28 bits per heavy atom. The molecule has 0 unspecified atom stereocenters. The summed E-state index contributed by atoms with van der Waals surface area (Å²) < 4.78 is 0. The summed E-state index contributed by atoms with van der Waals surface area (Å²) in [6.45, 7) is 10.8. The van der Waals surface area contributed by atoms with Gasteiger partial charge in [-0.3, -0.25) is 4.79 Å². The molecule has 0 amide bonds. The zero-order valence-electron chi connectivity index (χ0n) is 12.4. The standard InChI is InChI=1S/C17H26O/c1-6-7-8-17(18)15-10-9-14(12(2)3)11-16(15)13(4)5/h9-13H,6-8H2,1-5H3. The zero-order chi connectivity index (χ0) is 13.7. The van der Waals surface area contributed by atoms with Gasteiger partial charge in [0.05, 0.1) is 0 Å². The van der Waals surface area contributed by atoms with Crippen LogP contribution in [-0.2, 0) is 0 Å². The summed E-state index contributed by atoms with van der Waals surface area (Å²) in [5.41, 5.74) is 3.47. The van der Waals surface area contributed by atoms with E-state index in [1.807, 2.05) is 6.07 Å². The largest absolute Gasteiger partial charge is 0.294 e. The molecule has 0 atom stereocenters. The molecule has 0 spiro atoms. The lowest BCUT2D eigenvalue weighted by Gasteiger charge is -2.15. The number of carbonyl (C=O) groups is 1. The molecular formula is C17H26O. The van der Waals surface area contributed by atoms with E-state index in [-0.39, 0.29) is 0 Å². The minimum absolute atomic E-state index is 0.302. The third-order valence-corrected chi connectivity index (χ3v) is 3.42. The van der Waals surface area contributed by atoms with Gasteiger partial charge in [-0.15, -0.1) is 0 Å². The van der Waals surface area contributed by atoms with E-state index >= 15 is 0 Å². The maximum atomic E-state index is 12.2. The lowest BCUT2D eigenvalue weighted by Crippen LogP contribution is -2.06. The minimum atomic E-state index is 0.302. The van der Waals surface area contributed by atoms with Crippen LogP contribution in [0.25, 0.3) is 0 Å². The van der Waals surface area contributed by atoms with Crippen LogP contribution in [0.15, 0.2) is 18.2 Å². The van der Waals surface area contributed by atoms with Crippen molar-refractivity contribution in [1.29, 1.82) is 0 Å². The van der Waals surface area contributed by atoms with E-state index in [9.17, 15) is 4.79 Å². The van der Waals surface area contributed by atoms with Gasteiger partial charge in [-0.1, -0.05) is 59.2 Å². The van der Waals surface area contributed by atoms with Crippen molar-refractivity contribution < 1.29 is 4.79 Å².